The van der Waals surface area contributed by atoms with Crippen LogP contribution in [-0.2, 0) is 9.59 Å². The lowest BCUT2D eigenvalue weighted by atomic mass is 10.0. The van der Waals surface area contributed by atoms with Crippen LogP contribution in [0, 0.1) is 0 Å². The van der Waals surface area contributed by atoms with Gasteiger partial charge in [0.05, 0.1) is 19.8 Å². The molecule has 1 fully saturated rings. The van der Waals surface area contributed by atoms with E-state index in [-0.39, 0.29) is 12.3 Å². The van der Waals surface area contributed by atoms with E-state index in [0.29, 0.717) is 6.42 Å². The van der Waals surface area contributed by atoms with Crippen molar-refractivity contribution in [3.63, 3.8) is 0 Å². The molecule has 1 rings (SSSR count). The summed E-state index contributed by atoms with van der Waals surface area (Å²) in [6, 6.07) is -0.656. The van der Waals surface area contributed by atoms with Gasteiger partial charge in [-0.2, -0.15) is 0 Å². The minimum atomic E-state index is -1.44. The van der Waals surface area contributed by atoms with Crippen LogP contribution < -0.4 is 10.6 Å². The van der Waals surface area contributed by atoms with Crippen LogP contribution in [0.25, 0.3) is 0 Å². The van der Waals surface area contributed by atoms with E-state index < -0.39 is 37.3 Å². The molecule has 1 atom stereocenters. The van der Waals surface area contributed by atoms with Gasteiger partial charge in [-0.25, -0.2) is 0 Å². The summed E-state index contributed by atoms with van der Waals surface area (Å²) in [7, 11) is 0. The standard InChI is InChI=1S/C9H16N2O5/c12-3-9(4-13,5-14)11-8(16)6-1-2-7(15)10-6/h6,12-14H,1-5H2,(H,10,15)(H,11,16)/t6-/m0/s1. The molecule has 7 heteroatoms. The minimum absolute atomic E-state index is 0.206. The molecular formula is C9H16N2O5. The van der Waals surface area contributed by atoms with Crippen LogP contribution in [0.2, 0.25) is 0 Å². The molecule has 0 aliphatic carbocycles. The predicted octanol–water partition coefficient (Wildman–Crippen LogP) is -2.90. The zero-order valence-electron chi connectivity index (χ0n) is 8.77. The highest BCUT2D eigenvalue weighted by atomic mass is 16.3. The summed E-state index contributed by atoms with van der Waals surface area (Å²) in [4.78, 5) is 22.5. The molecule has 92 valence electrons. The van der Waals surface area contributed by atoms with E-state index in [9.17, 15) is 9.59 Å². The molecule has 1 saturated heterocycles. The van der Waals surface area contributed by atoms with Crippen molar-refractivity contribution in [1.29, 1.82) is 0 Å². The summed E-state index contributed by atoms with van der Waals surface area (Å²) in [5.41, 5.74) is -1.44. The Morgan fingerprint density at radius 2 is 1.94 bits per heavy atom. The number of amides is 2. The largest absolute Gasteiger partial charge is 0.394 e. The molecule has 0 aromatic heterocycles. The second-order valence-corrected chi connectivity index (χ2v) is 3.90. The van der Waals surface area contributed by atoms with E-state index in [0.717, 1.165) is 0 Å². The fourth-order valence-electron chi connectivity index (χ4n) is 1.43. The van der Waals surface area contributed by atoms with Crippen LogP contribution in [0.4, 0.5) is 0 Å². The average Bonchev–Trinajstić information content (AvgIpc) is 2.73. The van der Waals surface area contributed by atoms with Gasteiger partial charge in [0.25, 0.3) is 0 Å². The summed E-state index contributed by atoms with van der Waals surface area (Å²) in [6.45, 7) is -1.73. The molecule has 0 aromatic rings. The van der Waals surface area contributed by atoms with Crippen LogP contribution in [0.15, 0.2) is 0 Å². The molecule has 0 radical (unpaired) electrons. The van der Waals surface area contributed by atoms with E-state index in [1.54, 1.807) is 0 Å². The Hall–Kier alpha value is -1.18. The molecule has 0 bridgehead atoms. The Labute approximate surface area is 92.5 Å². The zero-order valence-corrected chi connectivity index (χ0v) is 8.77. The molecule has 0 spiro atoms. The predicted molar refractivity (Wildman–Crippen MR) is 53.3 cm³/mol. The van der Waals surface area contributed by atoms with Gasteiger partial charge in [-0.05, 0) is 6.42 Å². The maximum absolute atomic E-state index is 11.6. The van der Waals surface area contributed by atoms with Gasteiger partial charge in [-0.3, -0.25) is 9.59 Å². The lowest BCUT2D eigenvalue weighted by Gasteiger charge is -2.29. The topological polar surface area (TPSA) is 119 Å². The lowest BCUT2D eigenvalue weighted by molar-refractivity contribution is -0.129. The molecule has 16 heavy (non-hydrogen) atoms. The smallest absolute Gasteiger partial charge is 0.243 e. The fourth-order valence-corrected chi connectivity index (χ4v) is 1.43. The number of hydrogen-bond donors (Lipinski definition) is 5. The van der Waals surface area contributed by atoms with Crippen LogP contribution in [-0.4, -0.2) is 58.5 Å². The summed E-state index contributed by atoms with van der Waals surface area (Å²) >= 11 is 0. The van der Waals surface area contributed by atoms with Crippen LogP contribution in [0.3, 0.4) is 0 Å². The first-order valence-electron chi connectivity index (χ1n) is 5.01. The summed E-state index contributed by atoms with van der Waals surface area (Å²) in [5.74, 6) is -0.717. The Bertz CT molecular complexity index is 269. The molecule has 1 aliphatic heterocycles. The first-order valence-corrected chi connectivity index (χ1v) is 5.01. The number of carbonyl (C=O) groups excluding carboxylic acids is 2. The van der Waals surface area contributed by atoms with E-state index in [1.165, 1.54) is 0 Å². The Balaban J connectivity index is 2.58. The maximum atomic E-state index is 11.6. The Morgan fingerprint density at radius 1 is 1.38 bits per heavy atom. The first-order chi connectivity index (χ1) is 7.56. The van der Waals surface area contributed by atoms with Gasteiger partial charge in [0.2, 0.25) is 11.8 Å². The van der Waals surface area contributed by atoms with Crippen molar-refractivity contribution in [3.8, 4) is 0 Å². The van der Waals surface area contributed by atoms with Crippen LogP contribution in [0.5, 0.6) is 0 Å². The fraction of sp³-hybridized carbons (Fsp3) is 0.778. The highest BCUT2D eigenvalue weighted by Gasteiger charge is 2.35. The molecular weight excluding hydrogens is 216 g/mol. The van der Waals surface area contributed by atoms with Crippen molar-refractivity contribution < 1.29 is 24.9 Å². The number of rotatable bonds is 5. The third-order valence-corrected chi connectivity index (χ3v) is 2.61. The molecule has 2 amide bonds. The van der Waals surface area contributed by atoms with Gasteiger partial charge < -0.3 is 26.0 Å². The van der Waals surface area contributed by atoms with Crippen molar-refractivity contribution in [2.45, 2.75) is 24.4 Å². The lowest BCUT2D eigenvalue weighted by Crippen LogP contribution is -2.60. The third-order valence-electron chi connectivity index (χ3n) is 2.61. The van der Waals surface area contributed by atoms with E-state index in [1.807, 2.05) is 0 Å². The summed E-state index contributed by atoms with van der Waals surface area (Å²) in [5, 5.41) is 31.8. The molecule has 1 aliphatic rings. The second kappa shape index (κ2) is 5.24. The molecule has 0 saturated carbocycles. The van der Waals surface area contributed by atoms with Gasteiger partial charge in [-0.1, -0.05) is 0 Å². The van der Waals surface area contributed by atoms with Gasteiger partial charge in [-0.15, -0.1) is 0 Å². The van der Waals surface area contributed by atoms with Crippen molar-refractivity contribution >= 4 is 11.8 Å². The normalized spacial score (nSPS) is 20.7. The third kappa shape index (κ3) is 2.69. The van der Waals surface area contributed by atoms with Crippen molar-refractivity contribution in [3.05, 3.63) is 0 Å². The van der Waals surface area contributed by atoms with Crippen molar-refractivity contribution in [2.75, 3.05) is 19.8 Å². The summed E-state index contributed by atoms with van der Waals surface area (Å²) < 4.78 is 0. The van der Waals surface area contributed by atoms with Gasteiger partial charge in [0, 0.05) is 6.42 Å². The number of aliphatic hydroxyl groups is 3. The van der Waals surface area contributed by atoms with Gasteiger partial charge >= 0.3 is 0 Å². The molecule has 1 heterocycles. The second-order valence-electron chi connectivity index (χ2n) is 3.90. The Kier molecular flexibility index (Phi) is 4.22. The maximum Gasteiger partial charge on any atom is 0.243 e. The van der Waals surface area contributed by atoms with E-state index >= 15 is 0 Å². The average molecular weight is 232 g/mol. The monoisotopic (exact) mass is 232 g/mol. The zero-order chi connectivity index (χ0) is 12.2. The first kappa shape index (κ1) is 12.9. The van der Waals surface area contributed by atoms with Crippen LogP contribution in [0.1, 0.15) is 12.8 Å². The summed E-state index contributed by atoms with van der Waals surface area (Å²) in [6.07, 6.45) is 0.658. The molecule has 5 N–H and O–H groups in total. The number of hydrogen-bond acceptors (Lipinski definition) is 5. The number of nitrogens with one attached hydrogen (secondary N) is 2. The van der Waals surface area contributed by atoms with E-state index in [2.05, 4.69) is 10.6 Å². The quantitative estimate of drug-likeness (QED) is 0.348. The van der Waals surface area contributed by atoms with Gasteiger partial charge in [0.15, 0.2) is 0 Å². The SMILES string of the molecule is O=C1CC[C@@H](C(=O)NC(CO)(CO)CO)N1. The van der Waals surface area contributed by atoms with Crippen LogP contribution >= 0.6 is 0 Å². The minimum Gasteiger partial charge on any atom is -0.394 e. The molecule has 0 aromatic carbocycles. The Morgan fingerprint density at radius 3 is 2.31 bits per heavy atom. The van der Waals surface area contributed by atoms with Crippen molar-refractivity contribution in [2.24, 2.45) is 0 Å². The highest BCUT2D eigenvalue weighted by molar-refractivity contribution is 5.91. The van der Waals surface area contributed by atoms with E-state index in [4.69, 9.17) is 15.3 Å². The van der Waals surface area contributed by atoms with Crippen molar-refractivity contribution in [1.82, 2.24) is 10.6 Å². The molecule has 0 unspecified atom stereocenters. The number of aliphatic hydroxyl groups excluding tert-OH is 3. The highest BCUT2D eigenvalue weighted by Crippen LogP contribution is 2.09. The van der Waals surface area contributed by atoms with Gasteiger partial charge in [0.1, 0.15) is 11.6 Å². The molecule has 7 nitrogen and oxygen atoms in total. The number of carbonyl (C=O) groups is 2.